The number of nitrogens with zero attached hydrogens (tertiary/aromatic N) is 2. The molecule has 0 unspecified atom stereocenters. The van der Waals surface area contributed by atoms with Crippen molar-refractivity contribution in [1.82, 2.24) is 15.6 Å². The van der Waals surface area contributed by atoms with Gasteiger partial charge in [-0.25, -0.2) is 17.8 Å². The van der Waals surface area contributed by atoms with Crippen LogP contribution in [0.25, 0.3) is 11.1 Å². The summed E-state index contributed by atoms with van der Waals surface area (Å²) >= 11 is 0. The summed E-state index contributed by atoms with van der Waals surface area (Å²) in [7, 11) is -3.50. The summed E-state index contributed by atoms with van der Waals surface area (Å²) in [5.74, 6) is -0.873. The van der Waals surface area contributed by atoms with Gasteiger partial charge in [0.2, 0.25) is 5.91 Å². The van der Waals surface area contributed by atoms with Crippen molar-refractivity contribution < 1.29 is 30.8 Å². The fourth-order valence-electron chi connectivity index (χ4n) is 3.64. The Balaban J connectivity index is 1.86. The molecular weight excluding hydrogens is 500 g/mol. The van der Waals surface area contributed by atoms with E-state index in [4.69, 9.17) is 0 Å². The van der Waals surface area contributed by atoms with E-state index >= 15 is 0 Å². The van der Waals surface area contributed by atoms with Gasteiger partial charge in [-0.05, 0) is 49.9 Å². The Morgan fingerprint density at radius 1 is 1.11 bits per heavy atom. The minimum absolute atomic E-state index is 0.131. The normalized spacial score (nSPS) is 17.1. The first-order valence-corrected chi connectivity index (χ1v) is 12.9. The van der Waals surface area contributed by atoms with Crippen molar-refractivity contribution in [2.24, 2.45) is 0 Å². The molecule has 0 aliphatic heterocycles. The number of pyridine rings is 1. The summed E-state index contributed by atoms with van der Waals surface area (Å²) in [5, 5.41) is 13.8. The molecule has 0 spiro atoms. The molecule has 36 heavy (non-hydrogen) atoms. The standard InChI is InChI=1S/C24H26F4N4O3S/c1-22(2,25)12-18(21(33)32-23(14-29)10-11-23)31-20(24(26,27)28)16-6-4-15(5-7-16)17-8-9-19(30-13-17)36(3,34)35/h4-9,13,18,20,31H,10-12H2,1-3H3,(H,32,33)/t18-,20-/m0/s1. The molecular formula is C24H26F4N4O3S. The van der Waals surface area contributed by atoms with Gasteiger partial charge >= 0.3 is 6.18 Å². The summed E-state index contributed by atoms with van der Waals surface area (Å²) in [6, 6.07) is 6.16. The minimum atomic E-state index is -4.81. The molecule has 1 fully saturated rings. The molecule has 3 rings (SSSR count). The Kier molecular flexibility index (Phi) is 7.49. The van der Waals surface area contributed by atoms with Crippen molar-refractivity contribution in [1.29, 1.82) is 5.26 Å². The monoisotopic (exact) mass is 526 g/mol. The van der Waals surface area contributed by atoms with Crippen molar-refractivity contribution in [3.63, 3.8) is 0 Å². The van der Waals surface area contributed by atoms with E-state index < -0.39 is 51.6 Å². The van der Waals surface area contributed by atoms with E-state index in [0.29, 0.717) is 24.0 Å². The lowest BCUT2D eigenvalue weighted by molar-refractivity contribution is -0.161. The predicted octanol–water partition coefficient (Wildman–Crippen LogP) is 4.02. The maximum atomic E-state index is 14.4. The Hall–Kier alpha value is -3.04. The number of benzene rings is 1. The van der Waals surface area contributed by atoms with Gasteiger partial charge in [-0.3, -0.25) is 10.1 Å². The molecule has 2 aromatic rings. The number of alkyl halides is 4. The fourth-order valence-corrected chi connectivity index (χ4v) is 4.20. The topological polar surface area (TPSA) is 112 Å². The van der Waals surface area contributed by atoms with Gasteiger partial charge in [0.05, 0.1) is 12.1 Å². The van der Waals surface area contributed by atoms with Gasteiger partial charge in [-0.2, -0.15) is 18.4 Å². The zero-order valence-corrected chi connectivity index (χ0v) is 20.7. The van der Waals surface area contributed by atoms with Gasteiger partial charge in [0.1, 0.15) is 17.2 Å². The van der Waals surface area contributed by atoms with Crippen molar-refractivity contribution in [2.75, 3.05) is 6.26 Å². The molecule has 0 radical (unpaired) electrons. The van der Waals surface area contributed by atoms with E-state index in [1.807, 2.05) is 6.07 Å². The molecule has 2 N–H and O–H groups in total. The second-order valence-electron chi connectivity index (χ2n) is 9.58. The van der Waals surface area contributed by atoms with Crippen molar-refractivity contribution in [2.45, 2.75) is 67.6 Å². The first-order valence-electron chi connectivity index (χ1n) is 11.0. The number of aromatic nitrogens is 1. The highest BCUT2D eigenvalue weighted by Gasteiger charge is 2.48. The molecule has 0 bridgehead atoms. The number of nitriles is 1. The molecule has 1 heterocycles. The van der Waals surface area contributed by atoms with Crippen LogP contribution in [0.1, 0.15) is 44.7 Å². The number of hydrogen-bond donors (Lipinski definition) is 2. The third-order valence-electron chi connectivity index (χ3n) is 5.72. The van der Waals surface area contributed by atoms with Gasteiger partial charge in [0, 0.05) is 24.4 Å². The Morgan fingerprint density at radius 3 is 2.11 bits per heavy atom. The average Bonchev–Trinajstić information content (AvgIpc) is 3.54. The number of halogens is 4. The van der Waals surface area contributed by atoms with E-state index in [0.717, 1.165) is 20.1 Å². The zero-order chi connectivity index (χ0) is 26.9. The lowest BCUT2D eigenvalue weighted by Gasteiger charge is -2.30. The largest absolute Gasteiger partial charge is 0.407 e. The van der Waals surface area contributed by atoms with E-state index in [9.17, 15) is 36.0 Å². The summed E-state index contributed by atoms with van der Waals surface area (Å²) in [4.78, 5) is 16.6. The second-order valence-corrected chi connectivity index (χ2v) is 11.5. The summed E-state index contributed by atoms with van der Waals surface area (Å²) in [6.45, 7) is 2.32. The van der Waals surface area contributed by atoms with Crippen LogP contribution in [0.2, 0.25) is 0 Å². The molecule has 7 nitrogen and oxygen atoms in total. The molecule has 1 aromatic carbocycles. The number of carbonyl (C=O) groups excluding carboxylic acids is 1. The van der Waals surface area contributed by atoms with E-state index in [1.165, 1.54) is 42.6 Å². The van der Waals surface area contributed by atoms with Crippen LogP contribution in [0.4, 0.5) is 17.6 Å². The molecule has 1 saturated carbocycles. The molecule has 1 aromatic heterocycles. The van der Waals surface area contributed by atoms with Crippen molar-refractivity contribution in [3.05, 3.63) is 48.2 Å². The van der Waals surface area contributed by atoms with E-state index in [-0.39, 0.29) is 10.6 Å². The quantitative estimate of drug-likeness (QED) is 0.478. The maximum absolute atomic E-state index is 14.4. The molecule has 1 aliphatic rings. The number of hydrogen-bond acceptors (Lipinski definition) is 6. The average molecular weight is 527 g/mol. The molecule has 0 saturated heterocycles. The van der Waals surface area contributed by atoms with Gasteiger partial charge in [0.25, 0.3) is 0 Å². The highest BCUT2D eigenvalue weighted by atomic mass is 32.2. The van der Waals surface area contributed by atoms with Crippen LogP contribution >= 0.6 is 0 Å². The summed E-state index contributed by atoms with van der Waals surface area (Å²) in [5.41, 5.74) is -2.29. The number of sulfone groups is 1. The zero-order valence-electron chi connectivity index (χ0n) is 19.9. The third-order valence-corrected chi connectivity index (χ3v) is 6.72. The number of carbonyl (C=O) groups is 1. The number of rotatable bonds is 9. The number of nitrogens with one attached hydrogen (secondary N) is 2. The highest BCUT2D eigenvalue weighted by Crippen LogP contribution is 2.37. The second kappa shape index (κ2) is 9.78. The van der Waals surface area contributed by atoms with Crippen LogP contribution in [0, 0.1) is 11.3 Å². The number of amides is 1. The Morgan fingerprint density at radius 2 is 1.69 bits per heavy atom. The van der Waals surface area contributed by atoms with Crippen LogP contribution in [-0.4, -0.2) is 49.0 Å². The molecule has 12 heteroatoms. The summed E-state index contributed by atoms with van der Waals surface area (Å²) in [6.07, 6.45) is -2.28. The van der Waals surface area contributed by atoms with Crippen LogP contribution in [0.15, 0.2) is 47.6 Å². The van der Waals surface area contributed by atoms with Crippen LogP contribution < -0.4 is 10.6 Å². The minimum Gasteiger partial charge on any atom is -0.336 e. The third kappa shape index (κ3) is 7.01. The Bertz CT molecular complexity index is 1240. The van der Waals surface area contributed by atoms with Crippen molar-refractivity contribution >= 4 is 15.7 Å². The fraction of sp³-hybridized carbons (Fsp3) is 0.458. The smallest absolute Gasteiger partial charge is 0.336 e. The van der Waals surface area contributed by atoms with E-state index in [2.05, 4.69) is 15.6 Å². The first-order chi connectivity index (χ1) is 16.5. The maximum Gasteiger partial charge on any atom is 0.407 e. The lowest BCUT2D eigenvalue weighted by Crippen LogP contribution is -2.53. The Labute approximate surface area is 206 Å². The molecule has 2 atom stereocenters. The molecule has 194 valence electrons. The van der Waals surface area contributed by atoms with E-state index in [1.54, 1.807) is 0 Å². The van der Waals surface area contributed by atoms with Crippen LogP contribution in [-0.2, 0) is 14.6 Å². The lowest BCUT2D eigenvalue weighted by atomic mass is 9.96. The van der Waals surface area contributed by atoms with Gasteiger partial charge in [-0.1, -0.05) is 24.3 Å². The SMILES string of the molecule is CC(C)(F)C[C@H](N[C@@H](c1ccc(-c2ccc(S(C)(=O)=O)nc2)cc1)C(F)(F)F)C(=O)NC1(C#N)CC1. The van der Waals surface area contributed by atoms with Gasteiger partial charge in [-0.15, -0.1) is 0 Å². The first kappa shape index (κ1) is 27.5. The van der Waals surface area contributed by atoms with Gasteiger partial charge in [0.15, 0.2) is 14.9 Å². The van der Waals surface area contributed by atoms with Crippen LogP contribution in [0.5, 0.6) is 0 Å². The molecule has 1 amide bonds. The predicted molar refractivity (Wildman–Crippen MR) is 124 cm³/mol. The summed E-state index contributed by atoms with van der Waals surface area (Å²) < 4.78 is 79.7. The highest BCUT2D eigenvalue weighted by molar-refractivity contribution is 7.90. The van der Waals surface area contributed by atoms with Crippen molar-refractivity contribution in [3.8, 4) is 17.2 Å². The molecule has 1 aliphatic carbocycles. The van der Waals surface area contributed by atoms with Crippen LogP contribution in [0.3, 0.4) is 0 Å². The van der Waals surface area contributed by atoms with Gasteiger partial charge < -0.3 is 5.32 Å².